The first-order valence-electron chi connectivity index (χ1n) is 8.35. The Balaban J connectivity index is 1.69. The molecule has 0 atom stereocenters. The highest BCUT2D eigenvalue weighted by molar-refractivity contribution is 5.68. The maximum atomic E-state index is 13.1. The lowest BCUT2D eigenvalue weighted by atomic mass is 9.99. The summed E-state index contributed by atoms with van der Waals surface area (Å²) < 4.78 is 31.5. The Morgan fingerprint density at radius 1 is 1.25 bits per heavy atom. The number of halogens is 2. The van der Waals surface area contributed by atoms with Gasteiger partial charge in [-0.05, 0) is 25.8 Å². The van der Waals surface area contributed by atoms with Gasteiger partial charge in [0.05, 0.1) is 0 Å². The lowest BCUT2D eigenvalue weighted by Crippen LogP contribution is -2.47. The molecule has 24 heavy (non-hydrogen) atoms. The van der Waals surface area contributed by atoms with Gasteiger partial charge in [0.1, 0.15) is 6.61 Å². The molecular formula is C18H26F2N2O2. The number of nitrogens with zero attached hydrogens (tertiary/aromatic N) is 1. The number of hydrogen-bond donors (Lipinski definition) is 1. The minimum absolute atomic E-state index is 0.0834. The molecule has 1 N–H and O–H groups in total. The summed E-state index contributed by atoms with van der Waals surface area (Å²) >= 11 is 0. The van der Waals surface area contributed by atoms with E-state index in [-0.39, 0.29) is 19.4 Å². The van der Waals surface area contributed by atoms with Gasteiger partial charge in [0.15, 0.2) is 0 Å². The van der Waals surface area contributed by atoms with Crippen molar-refractivity contribution in [2.75, 3.05) is 19.6 Å². The van der Waals surface area contributed by atoms with Crippen LogP contribution in [0.25, 0.3) is 0 Å². The number of nitrogens with one attached hydrogen (secondary N) is 1. The van der Waals surface area contributed by atoms with Gasteiger partial charge in [0, 0.05) is 38.0 Å². The van der Waals surface area contributed by atoms with Crippen molar-refractivity contribution in [2.45, 2.75) is 51.2 Å². The third kappa shape index (κ3) is 6.43. The van der Waals surface area contributed by atoms with Crippen LogP contribution in [0.15, 0.2) is 30.3 Å². The van der Waals surface area contributed by atoms with E-state index in [2.05, 4.69) is 5.32 Å². The van der Waals surface area contributed by atoms with Crippen LogP contribution in [0, 0.1) is 0 Å². The van der Waals surface area contributed by atoms with Crippen molar-refractivity contribution in [1.29, 1.82) is 0 Å². The van der Waals surface area contributed by atoms with Crippen LogP contribution in [-0.2, 0) is 11.3 Å². The second-order valence-corrected chi connectivity index (χ2v) is 7.02. The predicted molar refractivity (Wildman–Crippen MR) is 89.1 cm³/mol. The summed E-state index contributed by atoms with van der Waals surface area (Å²) in [5.41, 5.74) is 0.480. The standard InChI is InChI=1S/C18H26F2N2O2/c1-17(2,8-11-22-12-9-18(19,20)10-13-22)21-16(23)24-14-15-6-4-3-5-7-15/h3-7H,8-14H2,1-2H3,(H,21,23). The quantitative estimate of drug-likeness (QED) is 0.856. The van der Waals surface area contributed by atoms with Crippen LogP contribution >= 0.6 is 0 Å². The van der Waals surface area contributed by atoms with Crippen LogP contribution in [0.2, 0.25) is 0 Å². The van der Waals surface area contributed by atoms with Crippen molar-refractivity contribution < 1.29 is 18.3 Å². The molecule has 1 fully saturated rings. The smallest absolute Gasteiger partial charge is 0.407 e. The molecule has 0 unspecified atom stereocenters. The lowest BCUT2D eigenvalue weighted by molar-refractivity contribution is -0.0558. The molecule has 0 bridgehead atoms. The number of hydrogen-bond acceptors (Lipinski definition) is 3. The normalized spacial score (nSPS) is 18.2. The zero-order valence-corrected chi connectivity index (χ0v) is 14.4. The second-order valence-electron chi connectivity index (χ2n) is 7.02. The summed E-state index contributed by atoms with van der Waals surface area (Å²) in [5, 5.41) is 2.85. The topological polar surface area (TPSA) is 41.6 Å². The van der Waals surface area contributed by atoms with E-state index in [9.17, 15) is 13.6 Å². The van der Waals surface area contributed by atoms with Gasteiger partial charge in [-0.15, -0.1) is 0 Å². The van der Waals surface area contributed by atoms with E-state index in [0.29, 0.717) is 26.1 Å². The summed E-state index contributed by atoms with van der Waals surface area (Å²) in [6.45, 7) is 5.54. The Labute approximate surface area is 142 Å². The third-order valence-corrected chi connectivity index (χ3v) is 4.29. The first kappa shape index (κ1) is 18.6. The summed E-state index contributed by atoms with van der Waals surface area (Å²) in [7, 11) is 0. The molecular weight excluding hydrogens is 314 g/mol. The summed E-state index contributed by atoms with van der Waals surface area (Å²) in [5.74, 6) is -2.52. The Kier molecular flexibility index (Phi) is 6.15. The van der Waals surface area contributed by atoms with E-state index >= 15 is 0 Å². The van der Waals surface area contributed by atoms with Gasteiger partial charge in [0.2, 0.25) is 0 Å². The molecule has 0 saturated carbocycles. The number of alkyl halides is 2. The first-order valence-corrected chi connectivity index (χ1v) is 8.35. The molecule has 4 nitrogen and oxygen atoms in total. The predicted octanol–water partition coefficient (Wildman–Crippen LogP) is 3.81. The van der Waals surface area contributed by atoms with Gasteiger partial charge < -0.3 is 15.0 Å². The Bertz CT molecular complexity index is 525. The van der Waals surface area contributed by atoms with E-state index in [4.69, 9.17) is 4.74 Å². The number of alkyl carbamates (subject to hydrolysis) is 1. The summed E-state index contributed by atoms with van der Waals surface area (Å²) in [4.78, 5) is 13.9. The zero-order valence-electron chi connectivity index (χ0n) is 14.4. The minimum atomic E-state index is -2.52. The number of benzene rings is 1. The fourth-order valence-corrected chi connectivity index (χ4v) is 2.64. The fourth-order valence-electron chi connectivity index (χ4n) is 2.64. The summed E-state index contributed by atoms with van der Waals surface area (Å²) in [6, 6.07) is 9.48. The third-order valence-electron chi connectivity index (χ3n) is 4.29. The maximum absolute atomic E-state index is 13.1. The number of piperidine rings is 1. The molecule has 0 radical (unpaired) electrons. The van der Waals surface area contributed by atoms with Crippen molar-refractivity contribution >= 4 is 6.09 Å². The Morgan fingerprint density at radius 3 is 2.50 bits per heavy atom. The van der Waals surface area contributed by atoms with E-state index < -0.39 is 17.6 Å². The zero-order chi connectivity index (χ0) is 17.6. The Morgan fingerprint density at radius 2 is 1.88 bits per heavy atom. The molecule has 1 heterocycles. The molecule has 1 aliphatic heterocycles. The molecule has 2 rings (SSSR count). The number of rotatable bonds is 6. The highest BCUT2D eigenvalue weighted by Gasteiger charge is 2.34. The van der Waals surface area contributed by atoms with Crippen LogP contribution in [-0.4, -0.2) is 42.1 Å². The van der Waals surface area contributed by atoms with Crippen LogP contribution in [0.3, 0.4) is 0 Å². The number of carbonyl (C=O) groups excluding carboxylic acids is 1. The number of ether oxygens (including phenoxy) is 1. The van der Waals surface area contributed by atoms with Gasteiger partial charge in [-0.1, -0.05) is 30.3 Å². The highest BCUT2D eigenvalue weighted by atomic mass is 19.3. The highest BCUT2D eigenvalue weighted by Crippen LogP contribution is 2.28. The molecule has 1 saturated heterocycles. The van der Waals surface area contributed by atoms with E-state index in [0.717, 1.165) is 5.56 Å². The second kappa shape index (κ2) is 7.92. The first-order chi connectivity index (χ1) is 11.3. The number of likely N-dealkylation sites (tertiary alicyclic amines) is 1. The number of amides is 1. The molecule has 0 aliphatic carbocycles. The van der Waals surface area contributed by atoms with Crippen molar-refractivity contribution in [3.63, 3.8) is 0 Å². The lowest BCUT2D eigenvalue weighted by Gasteiger charge is -2.34. The van der Waals surface area contributed by atoms with Gasteiger partial charge in [0.25, 0.3) is 5.92 Å². The van der Waals surface area contributed by atoms with E-state index in [1.807, 2.05) is 49.1 Å². The largest absolute Gasteiger partial charge is 0.445 e. The van der Waals surface area contributed by atoms with Crippen LogP contribution in [0.1, 0.15) is 38.7 Å². The molecule has 1 aromatic carbocycles. The molecule has 1 amide bonds. The van der Waals surface area contributed by atoms with E-state index in [1.54, 1.807) is 0 Å². The molecule has 0 aromatic heterocycles. The van der Waals surface area contributed by atoms with Gasteiger partial charge in [-0.2, -0.15) is 0 Å². The van der Waals surface area contributed by atoms with Crippen LogP contribution < -0.4 is 5.32 Å². The molecule has 0 spiro atoms. The molecule has 1 aromatic rings. The van der Waals surface area contributed by atoms with Crippen molar-refractivity contribution in [3.8, 4) is 0 Å². The van der Waals surface area contributed by atoms with Crippen molar-refractivity contribution in [3.05, 3.63) is 35.9 Å². The molecule has 1 aliphatic rings. The average molecular weight is 340 g/mol. The monoisotopic (exact) mass is 340 g/mol. The van der Waals surface area contributed by atoms with Crippen LogP contribution in [0.5, 0.6) is 0 Å². The maximum Gasteiger partial charge on any atom is 0.407 e. The average Bonchev–Trinajstić information content (AvgIpc) is 2.52. The SMILES string of the molecule is CC(C)(CCN1CCC(F)(F)CC1)NC(=O)OCc1ccccc1. The minimum Gasteiger partial charge on any atom is -0.445 e. The van der Waals surface area contributed by atoms with Crippen molar-refractivity contribution in [1.82, 2.24) is 10.2 Å². The van der Waals surface area contributed by atoms with Crippen LogP contribution in [0.4, 0.5) is 13.6 Å². The van der Waals surface area contributed by atoms with Crippen molar-refractivity contribution in [2.24, 2.45) is 0 Å². The molecule has 6 heteroatoms. The number of carbonyl (C=O) groups is 1. The van der Waals surface area contributed by atoms with E-state index in [1.165, 1.54) is 0 Å². The fraction of sp³-hybridized carbons (Fsp3) is 0.611. The van der Waals surface area contributed by atoms with Gasteiger partial charge in [-0.3, -0.25) is 0 Å². The van der Waals surface area contributed by atoms with Gasteiger partial charge >= 0.3 is 6.09 Å². The Hall–Kier alpha value is -1.69. The molecule has 134 valence electrons. The summed E-state index contributed by atoms with van der Waals surface area (Å²) in [6.07, 6.45) is 0.0490. The van der Waals surface area contributed by atoms with Gasteiger partial charge in [-0.25, -0.2) is 13.6 Å².